The summed E-state index contributed by atoms with van der Waals surface area (Å²) in [7, 11) is 0. The van der Waals surface area contributed by atoms with Crippen LogP contribution in [0.15, 0.2) is 573 Å². The van der Waals surface area contributed by atoms with Crippen LogP contribution in [-0.2, 0) is 0 Å². The van der Waals surface area contributed by atoms with E-state index in [9.17, 15) is 0 Å². The van der Waals surface area contributed by atoms with Crippen molar-refractivity contribution < 1.29 is 13.4 Å². The number of H-pyrrole nitrogens is 6. The Hall–Kier alpha value is -18.4. The molecule has 0 aliphatic carbocycles. The van der Waals surface area contributed by atoms with Gasteiger partial charge in [0.1, 0.15) is 31.5 Å². The van der Waals surface area contributed by atoms with E-state index in [1.807, 2.05) is 210 Å². The van der Waals surface area contributed by atoms with E-state index in [2.05, 4.69) is 242 Å². The van der Waals surface area contributed by atoms with Gasteiger partial charge in [0.2, 0.25) is 0 Å². The van der Waals surface area contributed by atoms with Crippen LogP contribution >= 0.6 is 68.2 Å². The van der Waals surface area contributed by atoms with Crippen LogP contribution in [0.3, 0.4) is 0 Å². The molecule has 0 amide bonds. The maximum atomic E-state index is 4.58. The van der Waals surface area contributed by atoms with Crippen molar-refractivity contribution in [3.63, 3.8) is 0 Å². The number of imidazole rings is 3. The number of pyridine rings is 2. The van der Waals surface area contributed by atoms with Gasteiger partial charge < -0.3 is 38.3 Å². The second kappa shape index (κ2) is 82.3. The van der Waals surface area contributed by atoms with E-state index < -0.39 is 0 Å². The van der Waals surface area contributed by atoms with Crippen molar-refractivity contribution in [2.45, 2.75) is 0 Å². The smallest absolute Gasteiger partial charge is 0.180 e. The molecule has 0 saturated carbocycles. The standard InChI is InChI=1S/C9H7N.C8H6N2.C8H7N.C8H6S.C7H6N2.C6H4S2.C5H5N.5C4H4N2.C4H5N.C4H4O.C4H4S.3C3H4N2.2C3H3NO.2C3H3NS/c1-2-6-9-8(4-1)5-3-7-10-9;1-2-4-8-7(3-1)9-5-6-10-8;2*1-2-4-8-7(3-1)5-6-9-8;1-2-4-7-6(3-1)8-5-9-7;1-3-7-6-2-4-8-5(1)6;1-2-4-6-5-3-1;1-2-6-4-3-5-1;3*1-2-5-4-6-3-1;1-2-4-6-5-3-1;3*1-2-4-5-3-1;2*1-2-5-3-4-1;1-2-4-5-3-1;1-2-5-3-4-1;1-2-4-5-3-1;1-2-5-3-4-1;1-2-4-5-3-1/h1-7H;1-6H;1-6,9H;1-6H;1-5H,(H,8,9);1-4H;1-5H;5*1-4H;1-5H;2*1-4H;3*1-3H,(H,4,5);4*1-3H. The summed E-state index contributed by atoms with van der Waals surface area (Å²) in [6.07, 6.45) is 68.5. The number of aromatic amines is 6. The Morgan fingerprint density at radius 1 is 0.241 bits per heavy atom. The summed E-state index contributed by atoms with van der Waals surface area (Å²) in [6, 6.07) is 84.7. The van der Waals surface area contributed by atoms with Gasteiger partial charge >= 0.3 is 0 Å². The number of para-hydroxylation sites is 6. The Bertz CT molecular complexity index is 5520. The lowest BCUT2D eigenvalue weighted by atomic mass is 10.2. The van der Waals surface area contributed by atoms with Gasteiger partial charge in [0.25, 0.3) is 0 Å². The van der Waals surface area contributed by atoms with Gasteiger partial charge in [-0.05, 0) is 207 Å². The minimum atomic E-state index is 0.949. The number of nitrogens with one attached hydrogen (secondary N) is 6. The van der Waals surface area contributed by atoms with Crippen LogP contribution < -0.4 is 0 Å². The lowest BCUT2D eigenvalue weighted by Crippen LogP contribution is -1.78. The molecule has 708 valence electrons. The second-order valence-corrected chi connectivity index (χ2v) is 29.9. The van der Waals surface area contributed by atoms with E-state index in [4.69, 9.17) is 0 Å². The first kappa shape index (κ1) is 110. The molecule has 0 bridgehead atoms. The number of oxazole rings is 1. The van der Waals surface area contributed by atoms with Gasteiger partial charge in [0.15, 0.2) is 6.39 Å². The van der Waals surface area contributed by atoms with E-state index in [0.29, 0.717) is 0 Å². The first-order valence-electron chi connectivity index (χ1n) is 42.0. The molecule has 0 aliphatic rings. The van der Waals surface area contributed by atoms with Gasteiger partial charge in [-0.3, -0.25) is 40.0 Å². The average Bonchev–Trinajstić information content (AvgIpc) is 1.81. The van der Waals surface area contributed by atoms with Gasteiger partial charge in [-0.15, -0.1) is 45.3 Å². The fraction of sp³-hybridized carbons (Fsp3) is 0. The van der Waals surface area contributed by atoms with Crippen LogP contribution in [0.1, 0.15) is 0 Å². The highest BCUT2D eigenvalue weighted by Crippen LogP contribution is 2.25. The van der Waals surface area contributed by atoms with Gasteiger partial charge in [-0.1, -0.05) is 108 Å². The van der Waals surface area contributed by atoms with Gasteiger partial charge in [-0.2, -0.15) is 26.6 Å². The normalized spacial score (nSPS) is 8.85. The minimum absolute atomic E-state index is 0.949. The predicted octanol–water partition coefficient (Wildman–Crippen LogP) is 25.8. The van der Waals surface area contributed by atoms with Crippen LogP contribution in [0.4, 0.5) is 0 Å². The van der Waals surface area contributed by atoms with E-state index in [-0.39, 0.29) is 0 Å². The second-order valence-electron chi connectivity index (χ2n) is 24.8. The molecule has 0 atom stereocenters. The third-order valence-corrected chi connectivity index (χ3v) is 19.5. The Labute approximate surface area is 837 Å². The van der Waals surface area contributed by atoms with Gasteiger partial charge in [-0.25, -0.2) is 54.2 Å². The lowest BCUT2D eigenvalue weighted by Gasteiger charge is -1.91. The van der Waals surface area contributed by atoms with Crippen molar-refractivity contribution in [3.05, 3.63) is 559 Å². The minimum Gasteiger partial charge on any atom is -0.473 e. The fourth-order valence-electron chi connectivity index (χ4n) is 9.06. The number of aromatic nitrogens is 28. The maximum absolute atomic E-state index is 4.58. The Morgan fingerprint density at radius 3 is 1.15 bits per heavy atom. The van der Waals surface area contributed by atoms with Crippen molar-refractivity contribution in [2.24, 2.45) is 0 Å². The number of benzene rings is 5. The zero-order valence-corrected chi connectivity index (χ0v) is 80.5. The Morgan fingerprint density at radius 2 is 0.794 bits per heavy atom. The molecule has 23 aromatic heterocycles. The quantitative estimate of drug-likeness (QED) is 0.0821. The number of hydrogen-bond acceptors (Lipinski definition) is 31. The molecular weight excluding hydrogens is 1880 g/mol. The van der Waals surface area contributed by atoms with Crippen molar-refractivity contribution in [1.29, 1.82) is 0 Å². The molecule has 6 N–H and O–H groups in total. The molecule has 0 spiro atoms. The first-order chi connectivity index (χ1) is 70.3. The summed E-state index contributed by atoms with van der Waals surface area (Å²) in [5.41, 5.74) is 8.08. The molecule has 28 rings (SSSR count). The zero-order chi connectivity index (χ0) is 98.1. The summed E-state index contributed by atoms with van der Waals surface area (Å²) >= 11 is 10.2. The monoisotopic (exact) mass is 1980 g/mol. The maximum Gasteiger partial charge on any atom is 0.180 e. The number of fused-ring (bicyclic) bond motifs is 6. The molecule has 141 heavy (non-hydrogen) atoms. The summed E-state index contributed by atoms with van der Waals surface area (Å²) in [5.74, 6) is 0. The highest BCUT2D eigenvalue weighted by molar-refractivity contribution is 7.25. The summed E-state index contributed by atoms with van der Waals surface area (Å²) in [6.45, 7) is 0. The number of hydrogen-bond donors (Lipinski definition) is 6. The molecule has 0 saturated heterocycles. The van der Waals surface area contributed by atoms with Crippen LogP contribution in [0.25, 0.3) is 63.4 Å². The van der Waals surface area contributed by atoms with E-state index in [1.165, 1.54) is 85.2 Å². The Balaban J connectivity index is 0.000000202. The predicted molar refractivity (Wildman–Crippen MR) is 568 cm³/mol. The van der Waals surface area contributed by atoms with Crippen LogP contribution in [-0.4, -0.2) is 140 Å². The average molecular weight is 1980 g/mol. The van der Waals surface area contributed by atoms with Crippen molar-refractivity contribution in [3.8, 4) is 0 Å². The number of nitrogens with zero attached hydrogens (tertiary/aromatic N) is 22. The molecule has 0 aliphatic heterocycles. The molecule has 0 fully saturated rings. The summed E-state index contributed by atoms with van der Waals surface area (Å²) in [4.78, 5) is 78.9. The zero-order valence-electron chi connectivity index (χ0n) is 75.6. The van der Waals surface area contributed by atoms with Crippen molar-refractivity contribution in [2.75, 3.05) is 0 Å². The largest absolute Gasteiger partial charge is 0.473 e. The third-order valence-electron chi connectivity index (χ3n) is 15.0. The highest BCUT2D eigenvalue weighted by Gasteiger charge is 1.94. The number of thiophene rings is 4. The molecule has 31 nitrogen and oxygen atoms in total. The van der Waals surface area contributed by atoms with Crippen LogP contribution in [0.5, 0.6) is 0 Å². The number of rotatable bonds is 0. The fourth-order valence-corrected chi connectivity index (χ4v) is 12.8. The van der Waals surface area contributed by atoms with Gasteiger partial charge in [0.05, 0.1) is 77.0 Å². The molecule has 23 heterocycles. The number of thiazole rings is 1. The van der Waals surface area contributed by atoms with Crippen molar-refractivity contribution in [1.82, 2.24) is 140 Å². The molecule has 28 aromatic rings. The van der Waals surface area contributed by atoms with E-state index >= 15 is 0 Å². The molecule has 0 radical (unpaired) electrons. The van der Waals surface area contributed by atoms with Crippen molar-refractivity contribution >= 4 is 132 Å². The summed E-state index contributed by atoms with van der Waals surface area (Å²) < 4.78 is 21.3. The van der Waals surface area contributed by atoms with E-state index in [0.717, 1.165) is 27.6 Å². The number of furan rings is 1. The highest BCUT2D eigenvalue weighted by atomic mass is 32.1. The lowest BCUT2D eigenvalue weighted by molar-refractivity contribution is 0.420. The third kappa shape index (κ3) is 59.8. The van der Waals surface area contributed by atoms with Gasteiger partial charge in [0, 0.05) is 209 Å². The first-order valence-corrected chi connectivity index (χ1v) is 47.4. The molecule has 37 heteroatoms. The van der Waals surface area contributed by atoms with Crippen LogP contribution in [0, 0.1) is 0 Å². The molecule has 0 unspecified atom stereocenters. The Kier molecular flexibility index (Phi) is 64.0. The van der Waals surface area contributed by atoms with E-state index in [1.54, 1.807) is 279 Å². The topological polar surface area (TPSA) is 418 Å². The SMILES string of the molecule is c1c[nH]cn1.c1c[nH]cn1.c1cc2sccc2s1.c1cc[nH]c1.c1ccc2[nH]ccc2c1.c1ccc2[nH]cnc2c1.c1ccc2ncccc2c1.c1ccc2nccnc2c1.c1ccc2sccc2c1.c1ccncc1.c1ccnnc1.c1ccoc1.c1ccsc1.c1cn[nH]c1.c1cnccn1.c1cncnc1.c1cncnc1.c1cncnc1.c1cnoc1.c1cnsc1.c1cocn1.c1cscn1. The molecule has 5 aromatic carbocycles. The molecular formula is C104H98N28O3S6. The van der Waals surface area contributed by atoms with Crippen LogP contribution in [0.2, 0.25) is 0 Å². The summed E-state index contributed by atoms with van der Waals surface area (Å²) in [5, 5.41) is 34.8.